The van der Waals surface area contributed by atoms with Crippen molar-refractivity contribution in [2.45, 2.75) is 0 Å². The molecule has 0 bridgehead atoms. The number of hydrogen-bond donors (Lipinski definition) is 0. The van der Waals surface area contributed by atoms with Crippen LogP contribution in [0.3, 0.4) is 0 Å². The van der Waals surface area contributed by atoms with Crippen LogP contribution in [0.4, 0.5) is 0 Å². The smallest absolute Gasteiger partial charge is 0.338 e. The summed E-state index contributed by atoms with van der Waals surface area (Å²) >= 11 is 0. The minimum absolute atomic E-state index is 0.359. The first-order chi connectivity index (χ1) is 10.7. The number of hydrogen-bond acceptors (Lipinski definition) is 4. The molecule has 0 unspecified atom stereocenters. The number of methoxy groups -OCH3 is 3. The third-order valence-corrected chi connectivity index (χ3v) is 3.25. The average Bonchev–Trinajstić information content (AvgIpc) is 2.59. The Kier molecular flexibility index (Phi) is 5.20. The number of carbonyl (C=O) groups is 1. The van der Waals surface area contributed by atoms with E-state index >= 15 is 0 Å². The molecule has 0 aromatic heterocycles. The topological polar surface area (TPSA) is 44.8 Å². The molecule has 0 spiro atoms. The van der Waals surface area contributed by atoms with Crippen LogP contribution in [-0.4, -0.2) is 27.3 Å². The van der Waals surface area contributed by atoms with Gasteiger partial charge >= 0.3 is 5.97 Å². The molecule has 4 heteroatoms. The molecule has 0 aliphatic heterocycles. The molecule has 0 saturated carbocycles. The van der Waals surface area contributed by atoms with Gasteiger partial charge in [-0.1, -0.05) is 30.4 Å². The van der Waals surface area contributed by atoms with Gasteiger partial charge in [-0.3, -0.25) is 0 Å². The SMILES string of the molecule is COC(=O)c1ccccc1C=Cc1ccc(OC)cc1OC. The first-order valence-electron chi connectivity index (χ1n) is 6.77. The van der Waals surface area contributed by atoms with Gasteiger partial charge in [-0.2, -0.15) is 0 Å². The lowest BCUT2D eigenvalue weighted by Gasteiger charge is -2.08. The molecule has 2 rings (SSSR count). The molecule has 0 saturated heterocycles. The van der Waals surface area contributed by atoms with Crippen molar-refractivity contribution in [1.82, 2.24) is 0 Å². The Labute approximate surface area is 129 Å². The summed E-state index contributed by atoms with van der Waals surface area (Å²) in [7, 11) is 4.58. The summed E-state index contributed by atoms with van der Waals surface area (Å²) in [5.74, 6) is 1.07. The molecular formula is C18H18O4. The molecule has 22 heavy (non-hydrogen) atoms. The minimum Gasteiger partial charge on any atom is -0.497 e. The van der Waals surface area contributed by atoms with E-state index in [9.17, 15) is 4.79 Å². The third kappa shape index (κ3) is 3.47. The summed E-state index contributed by atoms with van der Waals surface area (Å²) in [5, 5.41) is 0. The summed E-state index contributed by atoms with van der Waals surface area (Å²) in [6, 6.07) is 12.8. The van der Waals surface area contributed by atoms with Crippen molar-refractivity contribution in [3.63, 3.8) is 0 Å². The third-order valence-electron chi connectivity index (χ3n) is 3.25. The van der Waals surface area contributed by atoms with Crippen molar-refractivity contribution in [2.24, 2.45) is 0 Å². The highest BCUT2D eigenvalue weighted by Crippen LogP contribution is 2.26. The molecule has 0 radical (unpaired) electrons. The number of benzene rings is 2. The Morgan fingerprint density at radius 1 is 0.909 bits per heavy atom. The molecule has 114 valence electrons. The molecular weight excluding hydrogens is 280 g/mol. The lowest BCUT2D eigenvalue weighted by molar-refractivity contribution is 0.0600. The number of rotatable bonds is 5. The van der Waals surface area contributed by atoms with Crippen molar-refractivity contribution in [1.29, 1.82) is 0 Å². The van der Waals surface area contributed by atoms with Crippen LogP contribution in [0.15, 0.2) is 42.5 Å². The van der Waals surface area contributed by atoms with E-state index in [1.165, 1.54) is 7.11 Å². The molecule has 0 aliphatic carbocycles. The summed E-state index contributed by atoms with van der Waals surface area (Å²) in [5.41, 5.74) is 2.20. The lowest BCUT2D eigenvalue weighted by Crippen LogP contribution is -2.03. The maximum absolute atomic E-state index is 11.8. The van der Waals surface area contributed by atoms with Gasteiger partial charge < -0.3 is 14.2 Å². The normalized spacial score (nSPS) is 10.5. The van der Waals surface area contributed by atoms with E-state index in [-0.39, 0.29) is 5.97 Å². The Morgan fingerprint density at radius 3 is 2.32 bits per heavy atom. The highest BCUT2D eigenvalue weighted by atomic mass is 16.5. The summed E-state index contributed by atoms with van der Waals surface area (Å²) in [4.78, 5) is 11.8. The van der Waals surface area contributed by atoms with Gasteiger partial charge in [-0.15, -0.1) is 0 Å². The number of carbonyl (C=O) groups excluding carboxylic acids is 1. The second-order valence-corrected chi connectivity index (χ2v) is 4.52. The fourth-order valence-electron chi connectivity index (χ4n) is 2.07. The van der Waals surface area contributed by atoms with Crippen LogP contribution in [0.25, 0.3) is 12.2 Å². The average molecular weight is 298 g/mol. The molecule has 4 nitrogen and oxygen atoms in total. The van der Waals surface area contributed by atoms with Crippen LogP contribution in [-0.2, 0) is 4.74 Å². The van der Waals surface area contributed by atoms with Gasteiger partial charge in [-0.25, -0.2) is 4.79 Å². The second-order valence-electron chi connectivity index (χ2n) is 4.52. The lowest BCUT2D eigenvalue weighted by atomic mass is 10.1. The van der Waals surface area contributed by atoms with Gasteiger partial charge in [0.1, 0.15) is 11.5 Å². The van der Waals surface area contributed by atoms with Gasteiger partial charge in [0.2, 0.25) is 0 Å². The van der Waals surface area contributed by atoms with Crippen molar-refractivity contribution in [2.75, 3.05) is 21.3 Å². The monoisotopic (exact) mass is 298 g/mol. The fourth-order valence-corrected chi connectivity index (χ4v) is 2.07. The standard InChI is InChI=1S/C18H18O4/c1-20-15-11-10-14(17(12-15)21-2)9-8-13-6-4-5-7-16(13)18(19)22-3/h4-12H,1-3H3. The van der Waals surface area contributed by atoms with E-state index in [4.69, 9.17) is 14.2 Å². The maximum atomic E-state index is 11.8. The van der Waals surface area contributed by atoms with Gasteiger partial charge in [0.15, 0.2) is 0 Å². The molecule has 0 fully saturated rings. The highest BCUT2D eigenvalue weighted by molar-refractivity contribution is 5.94. The van der Waals surface area contributed by atoms with Gasteiger partial charge in [-0.05, 0) is 23.8 Å². The van der Waals surface area contributed by atoms with Gasteiger partial charge in [0.25, 0.3) is 0 Å². The van der Waals surface area contributed by atoms with Crippen LogP contribution in [0.2, 0.25) is 0 Å². The van der Waals surface area contributed by atoms with Crippen molar-refractivity contribution in [3.05, 3.63) is 59.2 Å². The minimum atomic E-state index is -0.359. The van der Waals surface area contributed by atoms with E-state index < -0.39 is 0 Å². The zero-order valence-corrected chi connectivity index (χ0v) is 12.8. The van der Waals surface area contributed by atoms with Gasteiger partial charge in [0.05, 0.1) is 26.9 Å². The number of ether oxygens (including phenoxy) is 3. The van der Waals surface area contributed by atoms with E-state index in [0.29, 0.717) is 11.3 Å². The zero-order chi connectivity index (χ0) is 15.9. The highest BCUT2D eigenvalue weighted by Gasteiger charge is 2.09. The van der Waals surface area contributed by atoms with Crippen LogP contribution in [0.5, 0.6) is 11.5 Å². The van der Waals surface area contributed by atoms with Crippen LogP contribution >= 0.6 is 0 Å². The maximum Gasteiger partial charge on any atom is 0.338 e. The Morgan fingerprint density at radius 2 is 1.64 bits per heavy atom. The quantitative estimate of drug-likeness (QED) is 0.624. The predicted molar refractivity (Wildman–Crippen MR) is 86.3 cm³/mol. The van der Waals surface area contributed by atoms with E-state index in [2.05, 4.69) is 0 Å². The Hall–Kier alpha value is -2.75. The van der Waals surface area contributed by atoms with Crippen molar-refractivity contribution < 1.29 is 19.0 Å². The number of esters is 1. The molecule has 2 aromatic carbocycles. The van der Waals surface area contributed by atoms with E-state index in [1.807, 2.05) is 42.5 Å². The summed E-state index contributed by atoms with van der Waals surface area (Å²) < 4.78 is 15.3. The molecule has 0 amide bonds. The molecule has 2 aromatic rings. The molecule has 0 aliphatic rings. The Balaban J connectivity index is 2.35. The zero-order valence-electron chi connectivity index (χ0n) is 12.8. The first-order valence-corrected chi connectivity index (χ1v) is 6.77. The molecule has 0 heterocycles. The van der Waals surface area contributed by atoms with Crippen LogP contribution < -0.4 is 9.47 Å². The largest absolute Gasteiger partial charge is 0.497 e. The van der Waals surface area contributed by atoms with Crippen molar-refractivity contribution >= 4 is 18.1 Å². The fraction of sp³-hybridized carbons (Fsp3) is 0.167. The molecule has 0 atom stereocenters. The van der Waals surface area contributed by atoms with E-state index in [1.54, 1.807) is 26.4 Å². The van der Waals surface area contributed by atoms with E-state index in [0.717, 1.165) is 16.9 Å². The van der Waals surface area contributed by atoms with Gasteiger partial charge in [0, 0.05) is 11.6 Å². The summed E-state index contributed by atoms with van der Waals surface area (Å²) in [6.45, 7) is 0. The summed E-state index contributed by atoms with van der Waals surface area (Å²) in [6.07, 6.45) is 3.75. The predicted octanol–water partition coefficient (Wildman–Crippen LogP) is 3.66. The van der Waals surface area contributed by atoms with Crippen molar-refractivity contribution in [3.8, 4) is 11.5 Å². The first kappa shape index (κ1) is 15.6. The van der Waals surface area contributed by atoms with Crippen LogP contribution in [0, 0.1) is 0 Å². The molecule has 0 N–H and O–H groups in total. The Bertz CT molecular complexity index is 689. The van der Waals surface area contributed by atoms with Crippen LogP contribution in [0.1, 0.15) is 21.5 Å². The second kappa shape index (κ2) is 7.31.